The van der Waals surface area contributed by atoms with Gasteiger partial charge in [-0.05, 0) is 61.0 Å². The Balaban J connectivity index is 1.49. The minimum Gasteiger partial charge on any atom is -0.484 e. The molecule has 2 N–H and O–H groups in total. The zero-order chi connectivity index (χ0) is 23.1. The number of carbonyl (C=O) groups is 2. The van der Waals surface area contributed by atoms with Crippen molar-refractivity contribution in [1.29, 1.82) is 0 Å². The Kier molecular flexibility index (Phi) is 8.11. The molecule has 0 aliphatic heterocycles. The van der Waals surface area contributed by atoms with Crippen LogP contribution in [0, 0.1) is 6.92 Å². The first-order valence-corrected chi connectivity index (χ1v) is 10.5. The SMILES string of the molecule is Cc1c(Cl)cccc1NC(=O)c1ccc(OCC(=O)N/N=C/c2ccc(Cl)cc2Cl)cc1. The molecule has 0 atom stereocenters. The molecule has 0 unspecified atom stereocenters. The summed E-state index contributed by atoms with van der Waals surface area (Å²) in [5, 5.41) is 8.16. The highest BCUT2D eigenvalue weighted by molar-refractivity contribution is 6.36. The number of nitrogens with zero attached hydrogens (tertiary/aromatic N) is 1. The largest absolute Gasteiger partial charge is 0.484 e. The van der Waals surface area contributed by atoms with E-state index in [1.807, 2.05) is 6.92 Å². The predicted octanol–water partition coefficient (Wildman–Crippen LogP) is 5.74. The van der Waals surface area contributed by atoms with Crippen LogP contribution in [0.2, 0.25) is 15.1 Å². The quantitative estimate of drug-likeness (QED) is 0.327. The second-order valence-electron chi connectivity index (χ2n) is 6.64. The van der Waals surface area contributed by atoms with Crippen molar-refractivity contribution in [3.05, 3.63) is 92.4 Å². The molecule has 0 saturated carbocycles. The monoisotopic (exact) mass is 489 g/mol. The number of benzene rings is 3. The van der Waals surface area contributed by atoms with E-state index in [1.165, 1.54) is 6.21 Å². The fraction of sp³-hybridized carbons (Fsp3) is 0.0870. The molecule has 0 aliphatic carbocycles. The molecular formula is C23H18Cl3N3O3. The van der Waals surface area contributed by atoms with Gasteiger partial charge >= 0.3 is 0 Å². The Hall–Kier alpha value is -3.06. The van der Waals surface area contributed by atoms with Crippen LogP contribution in [0.4, 0.5) is 5.69 Å². The smallest absolute Gasteiger partial charge is 0.277 e. The van der Waals surface area contributed by atoms with Gasteiger partial charge in [0.2, 0.25) is 0 Å². The van der Waals surface area contributed by atoms with Crippen LogP contribution in [-0.2, 0) is 4.79 Å². The summed E-state index contributed by atoms with van der Waals surface area (Å²) in [6.45, 7) is 1.58. The lowest BCUT2D eigenvalue weighted by Crippen LogP contribution is -2.24. The Morgan fingerprint density at radius 3 is 2.47 bits per heavy atom. The van der Waals surface area contributed by atoms with Crippen LogP contribution in [0.25, 0.3) is 0 Å². The summed E-state index contributed by atoms with van der Waals surface area (Å²) < 4.78 is 5.42. The van der Waals surface area contributed by atoms with E-state index in [-0.39, 0.29) is 12.5 Å². The average Bonchev–Trinajstić information content (AvgIpc) is 2.77. The molecule has 6 nitrogen and oxygen atoms in total. The van der Waals surface area contributed by atoms with Gasteiger partial charge in [0.15, 0.2) is 6.61 Å². The number of amides is 2. The van der Waals surface area contributed by atoms with Crippen molar-refractivity contribution in [2.24, 2.45) is 5.10 Å². The van der Waals surface area contributed by atoms with Crippen molar-refractivity contribution in [2.75, 3.05) is 11.9 Å². The number of anilines is 1. The Bertz CT molecular complexity index is 1160. The van der Waals surface area contributed by atoms with E-state index in [0.29, 0.717) is 37.6 Å². The van der Waals surface area contributed by atoms with Crippen LogP contribution >= 0.6 is 34.8 Å². The van der Waals surface area contributed by atoms with Crippen LogP contribution < -0.4 is 15.5 Å². The molecule has 9 heteroatoms. The summed E-state index contributed by atoms with van der Waals surface area (Å²) in [6, 6.07) is 16.6. The van der Waals surface area contributed by atoms with Crippen molar-refractivity contribution in [2.45, 2.75) is 6.92 Å². The summed E-state index contributed by atoms with van der Waals surface area (Å²) in [7, 11) is 0. The van der Waals surface area contributed by atoms with Crippen molar-refractivity contribution in [3.8, 4) is 5.75 Å². The van der Waals surface area contributed by atoms with Crippen LogP contribution in [-0.4, -0.2) is 24.6 Å². The second-order valence-corrected chi connectivity index (χ2v) is 7.89. The zero-order valence-corrected chi connectivity index (χ0v) is 19.1. The summed E-state index contributed by atoms with van der Waals surface area (Å²) in [5.41, 5.74) is 4.82. The molecule has 0 bridgehead atoms. The number of hydrazone groups is 1. The summed E-state index contributed by atoms with van der Waals surface area (Å²) in [6.07, 6.45) is 1.41. The Morgan fingerprint density at radius 2 is 1.75 bits per heavy atom. The number of halogens is 3. The summed E-state index contributed by atoms with van der Waals surface area (Å²) >= 11 is 17.9. The maximum Gasteiger partial charge on any atom is 0.277 e. The summed E-state index contributed by atoms with van der Waals surface area (Å²) in [4.78, 5) is 24.3. The van der Waals surface area contributed by atoms with E-state index >= 15 is 0 Å². The first-order valence-electron chi connectivity index (χ1n) is 9.40. The summed E-state index contributed by atoms with van der Waals surface area (Å²) in [5.74, 6) is -0.306. The molecule has 3 aromatic rings. The van der Waals surface area contributed by atoms with Crippen molar-refractivity contribution < 1.29 is 14.3 Å². The van der Waals surface area contributed by atoms with Crippen LogP contribution in [0.5, 0.6) is 5.75 Å². The van der Waals surface area contributed by atoms with Crippen molar-refractivity contribution in [3.63, 3.8) is 0 Å². The van der Waals surface area contributed by atoms with Gasteiger partial charge in [0.1, 0.15) is 5.75 Å². The van der Waals surface area contributed by atoms with Gasteiger partial charge in [0.25, 0.3) is 11.8 Å². The molecule has 0 heterocycles. The van der Waals surface area contributed by atoms with Gasteiger partial charge in [0.05, 0.1) is 11.2 Å². The van der Waals surface area contributed by atoms with Crippen LogP contribution in [0.1, 0.15) is 21.5 Å². The fourth-order valence-electron chi connectivity index (χ4n) is 2.60. The van der Waals surface area contributed by atoms with Gasteiger partial charge in [-0.2, -0.15) is 5.10 Å². The standard InChI is InChI=1S/C23H18Cl3N3O3/c1-14-19(25)3-2-4-21(14)28-23(31)15-6-9-18(10-7-15)32-13-22(30)29-27-12-16-5-8-17(24)11-20(16)26/h2-12H,13H2,1H3,(H,28,31)(H,29,30)/b27-12+. The lowest BCUT2D eigenvalue weighted by Gasteiger charge is -2.10. The first kappa shape index (κ1) is 23.6. The molecule has 0 aliphatic rings. The fourth-order valence-corrected chi connectivity index (χ4v) is 3.23. The normalized spacial score (nSPS) is 10.8. The third-order valence-corrected chi connectivity index (χ3v) is 5.33. The molecule has 0 spiro atoms. The molecule has 0 fully saturated rings. The van der Waals surface area contributed by atoms with Gasteiger partial charge in [-0.15, -0.1) is 0 Å². The highest BCUT2D eigenvalue weighted by atomic mass is 35.5. The molecular weight excluding hydrogens is 473 g/mol. The van der Waals surface area contributed by atoms with E-state index in [1.54, 1.807) is 60.7 Å². The maximum atomic E-state index is 12.4. The lowest BCUT2D eigenvalue weighted by atomic mass is 10.1. The van der Waals surface area contributed by atoms with Gasteiger partial charge in [-0.3, -0.25) is 9.59 Å². The number of nitrogens with one attached hydrogen (secondary N) is 2. The predicted molar refractivity (Wildman–Crippen MR) is 128 cm³/mol. The number of hydrogen-bond donors (Lipinski definition) is 2. The van der Waals surface area contributed by atoms with E-state index in [9.17, 15) is 9.59 Å². The topological polar surface area (TPSA) is 79.8 Å². The van der Waals surface area contributed by atoms with Crippen LogP contribution in [0.3, 0.4) is 0 Å². The van der Waals surface area contributed by atoms with E-state index in [2.05, 4.69) is 15.8 Å². The first-order chi connectivity index (χ1) is 15.3. The minimum absolute atomic E-state index is 0.251. The minimum atomic E-state index is -0.454. The highest BCUT2D eigenvalue weighted by Gasteiger charge is 2.10. The molecule has 3 rings (SSSR count). The maximum absolute atomic E-state index is 12.4. The highest BCUT2D eigenvalue weighted by Crippen LogP contribution is 2.24. The lowest BCUT2D eigenvalue weighted by molar-refractivity contribution is -0.123. The molecule has 0 radical (unpaired) electrons. The third kappa shape index (κ3) is 6.47. The second kappa shape index (κ2) is 11.0. The van der Waals surface area contributed by atoms with Crippen LogP contribution in [0.15, 0.2) is 65.8 Å². The Morgan fingerprint density at radius 1 is 1.00 bits per heavy atom. The molecule has 2 amide bonds. The molecule has 3 aromatic carbocycles. The molecule has 164 valence electrons. The average molecular weight is 491 g/mol. The Labute approximate surface area is 200 Å². The van der Waals surface area contributed by atoms with Gasteiger partial charge < -0.3 is 10.1 Å². The van der Waals surface area contributed by atoms with Gasteiger partial charge in [-0.25, -0.2) is 5.43 Å². The number of hydrogen-bond acceptors (Lipinski definition) is 4. The van der Waals surface area contributed by atoms with Gasteiger partial charge in [0, 0.05) is 26.9 Å². The number of carbonyl (C=O) groups excluding carboxylic acids is 2. The van der Waals surface area contributed by atoms with E-state index < -0.39 is 5.91 Å². The molecule has 32 heavy (non-hydrogen) atoms. The van der Waals surface area contributed by atoms with E-state index in [0.717, 1.165) is 5.56 Å². The van der Waals surface area contributed by atoms with Gasteiger partial charge in [-0.1, -0.05) is 46.9 Å². The zero-order valence-electron chi connectivity index (χ0n) is 16.9. The number of ether oxygens (including phenoxy) is 1. The number of rotatable bonds is 7. The van der Waals surface area contributed by atoms with Crippen molar-refractivity contribution >= 4 is 58.5 Å². The third-order valence-electron chi connectivity index (χ3n) is 4.36. The van der Waals surface area contributed by atoms with Crippen molar-refractivity contribution in [1.82, 2.24) is 5.43 Å². The molecule has 0 aromatic heterocycles. The molecule has 0 saturated heterocycles. The van der Waals surface area contributed by atoms with E-state index in [4.69, 9.17) is 39.5 Å².